The van der Waals surface area contributed by atoms with Gasteiger partial charge in [-0.3, -0.25) is 9.89 Å². The summed E-state index contributed by atoms with van der Waals surface area (Å²) in [6, 6.07) is 10.3. The van der Waals surface area contributed by atoms with Gasteiger partial charge < -0.3 is 10.6 Å². The summed E-state index contributed by atoms with van der Waals surface area (Å²) in [5.74, 6) is 0.408. The van der Waals surface area contributed by atoms with Crippen LogP contribution in [-0.4, -0.2) is 32.5 Å². The lowest BCUT2D eigenvalue weighted by molar-refractivity contribution is -0.132. The van der Waals surface area contributed by atoms with Gasteiger partial charge in [-0.15, -0.1) is 0 Å². The van der Waals surface area contributed by atoms with Gasteiger partial charge in [0, 0.05) is 13.0 Å². The van der Waals surface area contributed by atoms with Crippen molar-refractivity contribution in [2.45, 2.75) is 38.1 Å². The van der Waals surface area contributed by atoms with Crippen LogP contribution in [0.15, 0.2) is 36.4 Å². The van der Waals surface area contributed by atoms with Crippen LogP contribution in [0.5, 0.6) is 0 Å². The summed E-state index contributed by atoms with van der Waals surface area (Å²) in [4.78, 5) is 19.3. The average Bonchev–Trinajstić information content (AvgIpc) is 3.30. The first-order valence-corrected chi connectivity index (χ1v) is 9.26. The summed E-state index contributed by atoms with van der Waals surface area (Å²) >= 11 is 0. The molecule has 6 nitrogen and oxygen atoms in total. The molecular formula is C20H22FN5O. The second kappa shape index (κ2) is 7.34. The molecule has 0 aliphatic carbocycles. The maximum atomic E-state index is 13.0. The van der Waals surface area contributed by atoms with E-state index in [9.17, 15) is 9.18 Å². The third-order valence-electron chi connectivity index (χ3n) is 5.15. The molecule has 0 saturated carbocycles. The van der Waals surface area contributed by atoms with Gasteiger partial charge in [0.15, 0.2) is 5.65 Å². The summed E-state index contributed by atoms with van der Waals surface area (Å²) < 4.78 is 13.0. The minimum atomic E-state index is -0.238. The van der Waals surface area contributed by atoms with E-state index in [1.54, 1.807) is 12.1 Å². The van der Waals surface area contributed by atoms with Crippen LogP contribution in [0.4, 0.5) is 10.2 Å². The Labute approximate surface area is 156 Å². The lowest BCUT2D eigenvalue weighted by Gasteiger charge is -2.24. The number of rotatable bonds is 5. The van der Waals surface area contributed by atoms with Crippen molar-refractivity contribution in [1.29, 1.82) is 0 Å². The van der Waals surface area contributed by atoms with Crippen LogP contribution in [0.3, 0.4) is 0 Å². The maximum absolute atomic E-state index is 13.0. The quantitative estimate of drug-likeness (QED) is 0.724. The van der Waals surface area contributed by atoms with Gasteiger partial charge in [0.1, 0.15) is 11.6 Å². The van der Waals surface area contributed by atoms with E-state index < -0.39 is 0 Å². The van der Waals surface area contributed by atoms with Gasteiger partial charge in [-0.2, -0.15) is 5.10 Å². The molecule has 3 N–H and O–H groups in total. The molecule has 0 bridgehead atoms. The van der Waals surface area contributed by atoms with E-state index in [1.165, 1.54) is 12.1 Å². The number of nitrogens with zero attached hydrogens (tertiary/aromatic N) is 3. The molecule has 3 aromatic rings. The number of anilines is 1. The van der Waals surface area contributed by atoms with E-state index >= 15 is 0 Å². The minimum absolute atomic E-state index is 0.00866. The second-order valence-electron chi connectivity index (χ2n) is 6.97. The number of aromatic nitrogens is 3. The maximum Gasteiger partial charge on any atom is 0.223 e. The number of hydrogen-bond donors (Lipinski definition) is 2. The van der Waals surface area contributed by atoms with E-state index in [4.69, 9.17) is 5.73 Å². The number of carbonyl (C=O) groups excluding carboxylic acids is 1. The third-order valence-corrected chi connectivity index (χ3v) is 5.15. The summed E-state index contributed by atoms with van der Waals surface area (Å²) in [5, 5.41) is 7.65. The molecule has 0 unspecified atom stereocenters. The van der Waals surface area contributed by atoms with Crippen molar-refractivity contribution in [2.24, 2.45) is 0 Å². The number of hydrogen-bond acceptors (Lipinski definition) is 4. The SMILES string of the molecule is Nc1[nH]nc2nc([C@H]3CCCN3C(=O)CCCc3ccc(F)cc3)ccc12. The molecule has 7 heteroatoms. The van der Waals surface area contributed by atoms with Crippen molar-refractivity contribution in [1.82, 2.24) is 20.1 Å². The van der Waals surface area contributed by atoms with E-state index in [2.05, 4.69) is 15.2 Å². The van der Waals surface area contributed by atoms with Crippen molar-refractivity contribution in [3.63, 3.8) is 0 Å². The second-order valence-corrected chi connectivity index (χ2v) is 6.97. The average molecular weight is 367 g/mol. The van der Waals surface area contributed by atoms with Crippen LogP contribution >= 0.6 is 0 Å². The number of carbonyl (C=O) groups is 1. The number of nitrogens with one attached hydrogen (secondary N) is 1. The number of likely N-dealkylation sites (tertiary alicyclic amines) is 1. The van der Waals surface area contributed by atoms with Gasteiger partial charge >= 0.3 is 0 Å². The van der Waals surface area contributed by atoms with E-state index in [-0.39, 0.29) is 17.8 Å². The molecule has 0 spiro atoms. The first-order chi connectivity index (χ1) is 13.1. The molecule has 140 valence electrons. The number of halogens is 1. The molecule has 3 heterocycles. The topological polar surface area (TPSA) is 87.9 Å². The number of fused-ring (bicyclic) bond motifs is 1. The molecular weight excluding hydrogens is 345 g/mol. The van der Waals surface area contributed by atoms with Gasteiger partial charge in [-0.1, -0.05) is 12.1 Å². The fraction of sp³-hybridized carbons (Fsp3) is 0.350. The van der Waals surface area contributed by atoms with Crippen molar-refractivity contribution in [2.75, 3.05) is 12.3 Å². The Morgan fingerprint density at radius 3 is 2.89 bits per heavy atom. The lowest BCUT2D eigenvalue weighted by Crippen LogP contribution is -2.30. The number of pyridine rings is 1. The highest BCUT2D eigenvalue weighted by Crippen LogP contribution is 2.32. The molecule has 1 amide bonds. The molecule has 1 saturated heterocycles. The smallest absolute Gasteiger partial charge is 0.223 e. The van der Waals surface area contributed by atoms with Crippen molar-refractivity contribution < 1.29 is 9.18 Å². The Morgan fingerprint density at radius 1 is 1.26 bits per heavy atom. The fourth-order valence-corrected chi connectivity index (χ4v) is 3.73. The van der Waals surface area contributed by atoms with Crippen LogP contribution in [-0.2, 0) is 11.2 Å². The van der Waals surface area contributed by atoms with Gasteiger partial charge in [0.25, 0.3) is 0 Å². The predicted octanol–water partition coefficient (Wildman–Crippen LogP) is 3.37. The number of benzene rings is 1. The highest BCUT2D eigenvalue weighted by atomic mass is 19.1. The predicted molar refractivity (Wildman–Crippen MR) is 101 cm³/mol. The molecule has 1 aliphatic rings. The molecule has 1 aromatic carbocycles. The largest absolute Gasteiger partial charge is 0.384 e. The molecule has 0 radical (unpaired) electrons. The summed E-state index contributed by atoms with van der Waals surface area (Å²) in [6.07, 6.45) is 3.86. The van der Waals surface area contributed by atoms with Crippen molar-refractivity contribution in [3.05, 3.63) is 53.5 Å². The third kappa shape index (κ3) is 3.63. The molecule has 4 rings (SSSR count). The Bertz CT molecular complexity index is 953. The zero-order chi connectivity index (χ0) is 18.8. The van der Waals surface area contributed by atoms with E-state index in [0.29, 0.717) is 17.9 Å². The number of nitrogen functional groups attached to an aromatic ring is 1. The summed E-state index contributed by atoms with van der Waals surface area (Å²) in [5.41, 5.74) is 8.31. The van der Waals surface area contributed by atoms with Crippen LogP contribution in [0, 0.1) is 5.82 Å². The number of nitrogens with two attached hydrogens (primary N) is 1. The highest BCUT2D eigenvalue weighted by molar-refractivity contribution is 5.85. The Morgan fingerprint density at radius 2 is 2.07 bits per heavy atom. The summed E-state index contributed by atoms with van der Waals surface area (Å²) in [6.45, 7) is 0.752. The minimum Gasteiger partial charge on any atom is -0.384 e. The van der Waals surface area contributed by atoms with Gasteiger partial charge in [0.05, 0.1) is 17.1 Å². The zero-order valence-corrected chi connectivity index (χ0v) is 15.0. The Hall–Kier alpha value is -2.96. The van der Waals surface area contributed by atoms with Crippen LogP contribution in [0.2, 0.25) is 0 Å². The molecule has 1 aliphatic heterocycles. The molecule has 1 atom stereocenters. The van der Waals surface area contributed by atoms with Gasteiger partial charge in [-0.25, -0.2) is 9.37 Å². The lowest BCUT2D eigenvalue weighted by atomic mass is 10.1. The zero-order valence-electron chi connectivity index (χ0n) is 15.0. The number of amides is 1. The Balaban J connectivity index is 1.40. The number of aromatic amines is 1. The first kappa shape index (κ1) is 17.5. The standard InChI is InChI=1S/C20H22FN5O/c21-14-8-6-13(7-9-14)3-1-5-18(27)26-12-2-4-17(26)16-11-10-15-19(22)24-25-20(15)23-16/h6-11,17H,1-5,12H2,(H3,22,23,24,25)/t17-/m1/s1. The van der Waals surface area contributed by atoms with Crippen LogP contribution in [0.25, 0.3) is 11.0 Å². The highest BCUT2D eigenvalue weighted by Gasteiger charge is 2.30. The normalized spacial score (nSPS) is 16.9. The Kier molecular flexibility index (Phi) is 4.75. The van der Waals surface area contributed by atoms with Crippen molar-refractivity contribution in [3.8, 4) is 0 Å². The fourth-order valence-electron chi connectivity index (χ4n) is 3.73. The van der Waals surface area contributed by atoms with Gasteiger partial charge in [0.2, 0.25) is 5.91 Å². The van der Waals surface area contributed by atoms with E-state index in [1.807, 2.05) is 17.0 Å². The first-order valence-electron chi connectivity index (χ1n) is 9.26. The number of H-pyrrole nitrogens is 1. The monoisotopic (exact) mass is 367 g/mol. The van der Waals surface area contributed by atoms with E-state index in [0.717, 1.165) is 48.9 Å². The van der Waals surface area contributed by atoms with Crippen LogP contribution in [0.1, 0.15) is 43.0 Å². The van der Waals surface area contributed by atoms with Crippen molar-refractivity contribution >= 4 is 22.8 Å². The molecule has 2 aromatic heterocycles. The van der Waals surface area contributed by atoms with Gasteiger partial charge in [-0.05, 0) is 55.5 Å². The summed E-state index contributed by atoms with van der Waals surface area (Å²) in [7, 11) is 0. The van der Waals surface area contributed by atoms with Crippen LogP contribution < -0.4 is 5.73 Å². The number of aryl methyl sites for hydroxylation is 1. The molecule has 27 heavy (non-hydrogen) atoms. The molecule has 1 fully saturated rings.